The minimum Gasteiger partial charge on any atom is -0.430 e. The van der Waals surface area contributed by atoms with E-state index in [0.29, 0.717) is 11.2 Å². The number of pyridine rings is 1. The van der Waals surface area contributed by atoms with Crippen LogP contribution in [-0.4, -0.2) is 20.4 Å². The number of hydrogen-bond donors (Lipinski definition) is 1. The van der Waals surface area contributed by atoms with Crippen molar-refractivity contribution < 1.29 is 14.9 Å². The van der Waals surface area contributed by atoms with E-state index in [4.69, 9.17) is 9.40 Å². The highest BCUT2D eigenvalue weighted by Crippen LogP contribution is 2.36. The maximum atomic E-state index is 12.6. The Bertz CT molecular complexity index is 1060. The Labute approximate surface area is 143 Å². The first-order valence-electron chi connectivity index (χ1n) is 8.65. The first kappa shape index (κ1) is 16.0. The zero-order valence-corrected chi connectivity index (χ0v) is 14.5. The summed E-state index contributed by atoms with van der Waals surface area (Å²) < 4.78 is 7.06. The van der Waals surface area contributed by atoms with Gasteiger partial charge in [0.1, 0.15) is 12.1 Å². The van der Waals surface area contributed by atoms with Gasteiger partial charge in [0.25, 0.3) is 5.56 Å². The number of carbonyl (C=O) groups excluding carboxylic acids is 1. The van der Waals surface area contributed by atoms with Crippen molar-refractivity contribution in [2.45, 2.75) is 52.0 Å². The molecule has 7 heteroatoms. The molecule has 0 atom stereocenters. The van der Waals surface area contributed by atoms with Crippen molar-refractivity contribution >= 4 is 28.1 Å². The maximum Gasteiger partial charge on any atom is 0.328 e. The third-order valence-corrected chi connectivity index (χ3v) is 4.84. The van der Waals surface area contributed by atoms with Crippen molar-refractivity contribution in [1.82, 2.24) is 14.5 Å². The lowest BCUT2D eigenvalue weighted by Crippen LogP contribution is -2.59. The minimum absolute atomic E-state index is 0.110. The number of rotatable bonds is 3. The van der Waals surface area contributed by atoms with Crippen molar-refractivity contribution in [3.8, 4) is 0 Å². The van der Waals surface area contributed by atoms with Crippen molar-refractivity contribution in [1.29, 1.82) is 0 Å². The molecule has 1 aliphatic rings. The second-order valence-electron chi connectivity index (χ2n) is 6.99. The molecule has 0 radical (unpaired) electrons. The SMILES string of the molecule is CC(C)c1nc2oc3c(=O)n(CC([NH3+])=O)cnc3c2c2c1CCCC2. The molecular formula is C18H21N4O3+. The van der Waals surface area contributed by atoms with E-state index in [0.717, 1.165) is 36.8 Å². The van der Waals surface area contributed by atoms with Gasteiger partial charge in [-0.05, 0) is 42.7 Å². The third-order valence-electron chi connectivity index (χ3n) is 4.84. The molecule has 3 aromatic heterocycles. The van der Waals surface area contributed by atoms with Crippen molar-refractivity contribution in [2.75, 3.05) is 0 Å². The Hall–Kier alpha value is -2.54. The summed E-state index contributed by atoms with van der Waals surface area (Å²) >= 11 is 0. The van der Waals surface area contributed by atoms with Crippen LogP contribution < -0.4 is 11.3 Å². The predicted molar refractivity (Wildman–Crippen MR) is 92.2 cm³/mol. The summed E-state index contributed by atoms with van der Waals surface area (Å²) in [6.07, 6.45) is 5.62. The number of fused-ring (bicyclic) bond motifs is 5. The topological polar surface area (TPSA) is 106 Å². The van der Waals surface area contributed by atoms with Gasteiger partial charge in [-0.15, -0.1) is 0 Å². The molecule has 0 unspecified atom stereocenters. The normalized spacial score (nSPS) is 14.4. The highest BCUT2D eigenvalue weighted by Gasteiger charge is 2.25. The third kappa shape index (κ3) is 2.46. The van der Waals surface area contributed by atoms with Crippen LogP contribution in [0.5, 0.6) is 0 Å². The van der Waals surface area contributed by atoms with Crippen LogP contribution in [-0.2, 0) is 24.2 Å². The number of furan rings is 1. The summed E-state index contributed by atoms with van der Waals surface area (Å²) in [7, 11) is 0. The predicted octanol–water partition coefficient (Wildman–Crippen LogP) is 1.31. The van der Waals surface area contributed by atoms with Gasteiger partial charge in [0.2, 0.25) is 11.3 Å². The highest BCUT2D eigenvalue weighted by atomic mass is 16.3. The van der Waals surface area contributed by atoms with E-state index in [1.165, 1.54) is 22.0 Å². The number of hydrogen-bond acceptors (Lipinski definition) is 5. The fourth-order valence-corrected chi connectivity index (χ4v) is 3.76. The molecule has 0 bridgehead atoms. The number of aromatic nitrogens is 3. The second-order valence-corrected chi connectivity index (χ2v) is 6.99. The standard InChI is InChI=1S/C18H20N4O3/c1-9(2)14-11-6-4-3-5-10(11)13-15-16(25-17(13)21-14)18(24)22(8-20-15)7-12(19)23/h8-9H,3-7H2,1-2H3,(H2,19,23)/p+1. The number of aryl methyl sites for hydroxylation is 1. The number of quaternary nitrogens is 1. The summed E-state index contributed by atoms with van der Waals surface area (Å²) in [6, 6.07) is 0. The smallest absolute Gasteiger partial charge is 0.328 e. The molecule has 3 aromatic rings. The summed E-state index contributed by atoms with van der Waals surface area (Å²) in [4.78, 5) is 33.0. The molecule has 3 N–H and O–H groups in total. The Kier molecular flexibility index (Phi) is 3.68. The van der Waals surface area contributed by atoms with Gasteiger partial charge in [-0.1, -0.05) is 13.8 Å². The van der Waals surface area contributed by atoms with E-state index < -0.39 is 0 Å². The molecule has 0 saturated carbocycles. The van der Waals surface area contributed by atoms with Crippen LogP contribution in [0, 0.1) is 0 Å². The lowest BCUT2D eigenvalue weighted by Gasteiger charge is -2.21. The van der Waals surface area contributed by atoms with Gasteiger partial charge in [-0.2, -0.15) is 0 Å². The van der Waals surface area contributed by atoms with Gasteiger partial charge in [0.15, 0.2) is 0 Å². The quantitative estimate of drug-likeness (QED) is 0.773. The summed E-state index contributed by atoms with van der Waals surface area (Å²) in [5.74, 6) is -0.0603. The second kappa shape index (κ2) is 5.77. The monoisotopic (exact) mass is 341 g/mol. The molecule has 4 rings (SSSR count). The molecule has 0 saturated heterocycles. The summed E-state index contributed by atoms with van der Waals surface area (Å²) in [5, 5.41) is 0.860. The maximum absolute atomic E-state index is 12.6. The van der Waals surface area contributed by atoms with Crippen LogP contribution in [0.1, 0.15) is 49.4 Å². The minimum atomic E-state index is -0.365. The Morgan fingerprint density at radius 2 is 2.04 bits per heavy atom. The van der Waals surface area contributed by atoms with Crippen LogP contribution in [0.25, 0.3) is 22.2 Å². The van der Waals surface area contributed by atoms with E-state index >= 15 is 0 Å². The van der Waals surface area contributed by atoms with Crippen LogP contribution in [0.15, 0.2) is 15.5 Å². The molecule has 1 amide bonds. The lowest BCUT2D eigenvalue weighted by molar-refractivity contribution is -0.306. The van der Waals surface area contributed by atoms with Gasteiger partial charge in [-0.3, -0.25) is 15.1 Å². The molecule has 0 aliphatic heterocycles. The van der Waals surface area contributed by atoms with Gasteiger partial charge in [-0.25, -0.2) is 14.8 Å². The molecule has 7 nitrogen and oxygen atoms in total. The Balaban J connectivity index is 2.07. The highest BCUT2D eigenvalue weighted by molar-refractivity contribution is 6.03. The number of amides is 1. The van der Waals surface area contributed by atoms with Gasteiger partial charge in [0.05, 0.1) is 17.4 Å². The van der Waals surface area contributed by atoms with Crippen LogP contribution in [0.4, 0.5) is 0 Å². The van der Waals surface area contributed by atoms with Crippen LogP contribution in [0.3, 0.4) is 0 Å². The van der Waals surface area contributed by atoms with E-state index in [9.17, 15) is 9.59 Å². The van der Waals surface area contributed by atoms with Gasteiger partial charge < -0.3 is 4.42 Å². The first-order valence-corrected chi connectivity index (χ1v) is 8.65. The van der Waals surface area contributed by atoms with Crippen molar-refractivity contribution in [2.24, 2.45) is 0 Å². The molecular weight excluding hydrogens is 320 g/mol. The van der Waals surface area contributed by atoms with Crippen molar-refractivity contribution in [3.63, 3.8) is 0 Å². The fraction of sp³-hybridized carbons (Fsp3) is 0.444. The van der Waals surface area contributed by atoms with Crippen LogP contribution in [0.2, 0.25) is 0 Å². The molecule has 1 aliphatic carbocycles. The van der Waals surface area contributed by atoms with E-state index in [1.807, 2.05) is 0 Å². The molecule has 0 fully saturated rings. The average molecular weight is 341 g/mol. The molecule has 0 aromatic carbocycles. The molecule has 3 heterocycles. The zero-order chi connectivity index (χ0) is 17.7. The van der Waals surface area contributed by atoms with Gasteiger partial charge in [0, 0.05) is 0 Å². The zero-order valence-electron chi connectivity index (χ0n) is 14.5. The van der Waals surface area contributed by atoms with E-state index in [-0.39, 0.29) is 29.5 Å². The van der Waals surface area contributed by atoms with E-state index in [1.54, 1.807) is 0 Å². The lowest BCUT2D eigenvalue weighted by atomic mass is 9.86. The fourth-order valence-electron chi connectivity index (χ4n) is 3.76. The first-order chi connectivity index (χ1) is 12.0. The summed E-state index contributed by atoms with van der Waals surface area (Å²) in [5.41, 5.74) is 7.70. The summed E-state index contributed by atoms with van der Waals surface area (Å²) in [6.45, 7) is 4.13. The molecule has 25 heavy (non-hydrogen) atoms. The molecule has 130 valence electrons. The Morgan fingerprint density at radius 3 is 2.72 bits per heavy atom. The number of nitrogens with zero attached hydrogens (tertiary/aromatic N) is 3. The van der Waals surface area contributed by atoms with Crippen molar-refractivity contribution in [3.05, 3.63) is 33.5 Å². The molecule has 0 spiro atoms. The van der Waals surface area contributed by atoms with E-state index in [2.05, 4.69) is 24.6 Å². The van der Waals surface area contributed by atoms with Gasteiger partial charge >= 0.3 is 5.91 Å². The average Bonchev–Trinajstić information content (AvgIpc) is 2.96. The Morgan fingerprint density at radius 1 is 1.32 bits per heavy atom. The van der Waals surface area contributed by atoms with Crippen LogP contribution >= 0.6 is 0 Å². The largest absolute Gasteiger partial charge is 0.430 e. The number of carbonyl (C=O) groups is 1.